The van der Waals surface area contributed by atoms with Gasteiger partial charge in [0, 0.05) is 0 Å². The molecule has 90 valence electrons. The van der Waals surface area contributed by atoms with Crippen molar-refractivity contribution in [2.24, 2.45) is 11.7 Å². The first-order chi connectivity index (χ1) is 7.34. The summed E-state index contributed by atoms with van der Waals surface area (Å²) in [6.07, 6.45) is -4.06. The minimum atomic E-state index is -4.44. The largest absolute Gasteiger partial charge is 0.410 e. The van der Waals surface area contributed by atoms with Gasteiger partial charge in [0.1, 0.15) is 5.54 Å². The summed E-state index contributed by atoms with van der Waals surface area (Å²) in [6, 6.07) is 7.69. The van der Waals surface area contributed by atoms with Crippen molar-refractivity contribution < 1.29 is 13.2 Å². The molecule has 0 heterocycles. The highest BCUT2D eigenvalue weighted by atomic mass is 19.4. The third kappa shape index (κ3) is 2.07. The van der Waals surface area contributed by atoms with Gasteiger partial charge in [0.15, 0.2) is 0 Å². The van der Waals surface area contributed by atoms with Crippen LogP contribution in [0.15, 0.2) is 30.3 Å². The van der Waals surface area contributed by atoms with E-state index in [-0.39, 0.29) is 5.56 Å². The average Bonchev–Trinajstić information content (AvgIpc) is 2.26. The van der Waals surface area contributed by atoms with Gasteiger partial charge in [0.25, 0.3) is 0 Å². The zero-order valence-corrected chi connectivity index (χ0v) is 9.38. The van der Waals surface area contributed by atoms with Crippen molar-refractivity contribution in [3.63, 3.8) is 0 Å². The molecule has 0 aliphatic rings. The SMILES string of the molecule is CCC(C)C(N)(c1ccccc1)C(F)(F)F. The molecule has 0 bridgehead atoms. The maximum Gasteiger partial charge on any atom is 0.410 e. The predicted molar refractivity (Wildman–Crippen MR) is 57.8 cm³/mol. The summed E-state index contributed by atoms with van der Waals surface area (Å²) in [5.74, 6) is -0.658. The fourth-order valence-electron chi connectivity index (χ4n) is 1.76. The van der Waals surface area contributed by atoms with Crippen molar-refractivity contribution in [3.8, 4) is 0 Å². The molecule has 0 amide bonds. The molecular weight excluding hydrogens is 215 g/mol. The summed E-state index contributed by atoms with van der Waals surface area (Å²) in [4.78, 5) is 0. The van der Waals surface area contributed by atoms with Crippen LogP contribution in [0.3, 0.4) is 0 Å². The maximum absolute atomic E-state index is 13.1. The molecule has 0 aromatic heterocycles. The third-order valence-corrected chi connectivity index (χ3v) is 3.11. The first kappa shape index (κ1) is 13.0. The standard InChI is InChI=1S/C12H16F3N/c1-3-9(2)11(16,12(13,14)15)10-7-5-4-6-8-10/h4-9H,3,16H2,1-2H3. The third-order valence-electron chi connectivity index (χ3n) is 3.11. The maximum atomic E-state index is 13.1. The van der Waals surface area contributed by atoms with Crippen LogP contribution in [0, 0.1) is 5.92 Å². The minimum absolute atomic E-state index is 0.122. The number of nitrogens with two attached hydrogens (primary N) is 1. The fraction of sp³-hybridized carbons (Fsp3) is 0.500. The zero-order chi connectivity index (χ0) is 12.4. The summed E-state index contributed by atoms with van der Waals surface area (Å²) in [5, 5.41) is 0. The lowest BCUT2D eigenvalue weighted by Gasteiger charge is -2.37. The highest BCUT2D eigenvalue weighted by molar-refractivity contribution is 5.27. The van der Waals surface area contributed by atoms with E-state index >= 15 is 0 Å². The molecule has 1 aromatic carbocycles. The van der Waals surface area contributed by atoms with Crippen molar-refractivity contribution >= 4 is 0 Å². The van der Waals surface area contributed by atoms with Gasteiger partial charge in [-0.3, -0.25) is 0 Å². The smallest absolute Gasteiger partial charge is 0.314 e. The molecule has 0 saturated heterocycles. The van der Waals surface area contributed by atoms with E-state index in [2.05, 4.69) is 0 Å². The Morgan fingerprint density at radius 3 is 2.06 bits per heavy atom. The molecule has 0 aliphatic carbocycles. The second-order valence-corrected chi connectivity index (χ2v) is 4.04. The number of alkyl halides is 3. The quantitative estimate of drug-likeness (QED) is 0.847. The second-order valence-electron chi connectivity index (χ2n) is 4.04. The number of benzene rings is 1. The van der Waals surface area contributed by atoms with Gasteiger partial charge in [-0.2, -0.15) is 13.2 Å². The van der Waals surface area contributed by atoms with E-state index in [1.165, 1.54) is 19.1 Å². The lowest BCUT2D eigenvalue weighted by Crippen LogP contribution is -2.55. The Morgan fingerprint density at radius 2 is 1.69 bits per heavy atom. The Morgan fingerprint density at radius 1 is 1.19 bits per heavy atom. The molecule has 2 atom stereocenters. The molecule has 0 spiro atoms. The average molecular weight is 231 g/mol. The van der Waals surface area contributed by atoms with Gasteiger partial charge in [-0.15, -0.1) is 0 Å². The van der Waals surface area contributed by atoms with E-state index < -0.39 is 17.6 Å². The Kier molecular flexibility index (Phi) is 3.63. The van der Waals surface area contributed by atoms with Crippen LogP contribution in [-0.2, 0) is 5.54 Å². The molecule has 1 rings (SSSR count). The van der Waals surface area contributed by atoms with E-state index in [0.717, 1.165) is 0 Å². The van der Waals surface area contributed by atoms with E-state index in [1.54, 1.807) is 25.1 Å². The van der Waals surface area contributed by atoms with E-state index in [9.17, 15) is 13.2 Å². The Hall–Kier alpha value is -1.03. The fourth-order valence-corrected chi connectivity index (χ4v) is 1.76. The van der Waals surface area contributed by atoms with Crippen molar-refractivity contribution in [1.29, 1.82) is 0 Å². The summed E-state index contributed by atoms with van der Waals surface area (Å²) in [7, 11) is 0. The topological polar surface area (TPSA) is 26.0 Å². The van der Waals surface area contributed by atoms with Crippen LogP contribution in [-0.4, -0.2) is 6.18 Å². The van der Waals surface area contributed by atoms with Crippen molar-refractivity contribution in [1.82, 2.24) is 0 Å². The van der Waals surface area contributed by atoms with Gasteiger partial charge in [-0.1, -0.05) is 50.6 Å². The zero-order valence-electron chi connectivity index (χ0n) is 9.38. The van der Waals surface area contributed by atoms with Crippen molar-refractivity contribution in [3.05, 3.63) is 35.9 Å². The lowest BCUT2D eigenvalue weighted by atomic mass is 9.78. The molecule has 1 nitrogen and oxygen atoms in total. The second kappa shape index (κ2) is 4.45. The first-order valence-electron chi connectivity index (χ1n) is 5.25. The molecule has 16 heavy (non-hydrogen) atoms. The van der Waals surface area contributed by atoms with Crippen LogP contribution in [0.5, 0.6) is 0 Å². The lowest BCUT2D eigenvalue weighted by molar-refractivity contribution is -0.204. The van der Waals surface area contributed by atoms with E-state index in [1.807, 2.05) is 0 Å². The van der Waals surface area contributed by atoms with Gasteiger partial charge >= 0.3 is 6.18 Å². The molecule has 0 aliphatic heterocycles. The normalized spacial score (nSPS) is 17.9. The van der Waals surface area contributed by atoms with Crippen molar-refractivity contribution in [2.75, 3.05) is 0 Å². The summed E-state index contributed by atoms with van der Waals surface area (Å²) in [6.45, 7) is 3.24. The number of hydrogen-bond donors (Lipinski definition) is 1. The number of halogens is 3. The molecule has 4 heteroatoms. The minimum Gasteiger partial charge on any atom is -0.314 e. The highest BCUT2D eigenvalue weighted by Gasteiger charge is 2.55. The van der Waals surface area contributed by atoms with Crippen LogP contribution in [0.4, 0.5) is 13.2 Å². The summed E-state index contributed by atoms with van der Waals surface area (Å²) >= 11 is 0. The summed E-state index contributed by atoms with van der Waals surface area (Å²) in [5.41, 5.74) is 3.49. The first-order valence-corrected chi connectivity index (χ1v) is 5.25. The van der Waals surface area contributed by atoms with Gasteiger partial charge < -0.3 is 5.73 Å². The highest BCUT2D eigenvalue weighted by Crippen LogP contribution is 2.43. The Bertz CT molecular complexity index is 334. The number of rotatable bonds is 3. The molecule has 2 unspecified atom stereocenters. The van der Waals surface area contributed by atoms with E-state index in [4.69, 9.17) is 5.73 Å². The van der Waals surface area contributed by atoms with E-state index in [0.29, 0.717) is 6.42 Å². The molecular formula is C12H16F3N. The monoisotopic (exact) mass is 231 g/mol. The van der Waals surface area contributed by atoms with Crippen LogP contribution < -0.4 is 5.73 Å². The van der Waals surface area contributed by atoms with Crippen LogP contribution >= 0.6 is 0 Å². The van der Waals surface area contributed by atoms with Gasteiger partial charge in [0.05, 0.1) is 0 Å². The Labute approximate surface area is 93.5 Å². The van der Waals surface area contributed by atoms with Crippen LogP contribution in [0.2, 0.25) is 0 Å². The van der Waals surface area contributed by atoms with Gasteiger partial charge in [-0.05, 0) is 11.5 Å². The van der Waals surface area contributed by atoms with Crippen molar-refractivity contribution in [2.45, 2.75) is 32.0 Å². The molecule has 1 aromatic rings. The Balaban J connectivity index is 3.26. The van der Waals surface area contributed by atoms with Gasteiger partial charge in [-0.25, -0.2) is 0 Å². The molecule has 0 saturated carbocycles. The molecule has 2 N–H and O–H groups in total. The molecule has 0 fully saturated rings. The van der Waals surface area contributed by atoms with Gasteiger partial charge in [0.2, 0.25) is 0 Å². The molecule has 0 radical (unpaired) electrons. The predicted octanol–water partition coefficient (Wildman–Crippen LogP) is 3.45. The van der Waals surface area contributed by atoms with Crippen LogP contribution in [0.25, 0.3) is 0 Å². The summed E-state index contributed by atoms with van der Waals surface area (Å²) < 4.78 is 39.3. The number of hydrogen-bond acceptors (Lipinski definition) is 1. The van der Waals surface area contributed by atoms with Crippen LogP contribution in [0.1, 0.15) is 25.8 Å².